The van der Waals surface area contributed by atoms with E-state index in [0.717, 1.165) is 11.4 Å². The van der Waals surface area contributed by atoms with Crippen LogP contribution in [0.2, 0.25) is 0 Å². The van der Waals surface area contributed by atoms with Crippen LogP contribution >= 0.6 is 0 Å². The maximum atomic E-state index is 12.2. The standard InChI is InChI=1S/C9H11N5O3S2/c1-5(9(10)11-15)14-19(16,17)7-4-2-3-6-8(7)13-18-12-6/h2-5,14-15H,1H3,(H2,10,11). The molecule has 1 unspecified atom stereocenters. The lowest BCUT2D eigenvalue weighted by molar-refractivity contribution is 0.316. The van der Waals surface area contributed by atoms with E-state index in [-0.39, 0.29) is 10.7 Å². The van der Waals surface area contributed by atoms with E-state index >= 15 is 0 Å². The summed E-state index contributed by atoms with van der Waals surface area (Å²) >= 11 is 0.932. The lowest BCUT2D eigenvalue weighted by Gasteiger charge is -2.13. The number of hydrogen-bond donors (Lipinski definition) is 3. The fraction of sp³-hybridized carbons (Fsp3) is 0.222. The molecule has 1 aliphatic rings. The highest BCUT2D eigenvalue weighted by Gasteiger charge is 2.25. The van der Waals surface area contributed by atoms with Crippen LogP contribution in [-0.4, -0.2) is 25.5 Å². The normalized spacial score (nSPS) is 15.9. The molecule has 0 amide bonds. The number of nitrogens with two attached hydrogens (primary N) is 1. The molecule has 0 aliphatic carbocycles. The first-order valence-electron chi connectivity index (χ1n) is 5.16. The van der Waals surface area contributed by atoms with Crippen LogP contribution in [0.4, 0.5) is 11.4 Å². The summed E-state index contributed by atoms with van der Waals surface area (Å²) in [6.07, 6.45) is 0. The fourth-order valence-corrected chi connectivity index (χ4v) is 3.42. The highest BCUT2D eigenvalue weighted by molar-refractivity contribution is 7.89. The minimum absolute atomic E-state index is 0.0105. The minimum atomic E-state index is -3.83. The highest BCUT2D eigenvalue weighted by Crippen LogP contribution is 2.37. The molecule has 8 nitrogen and oxygen atoms in total. The average Bonchev–Trinajstić information content (AvgIpc) is 2.84. The number of hydrogen-bond acceptors (Lipinski definition) is 6. The van der Waals surface area contributed by atoms with Gasteiger partial charge < -0.3 is 10.9 Å². The highest BCUT2D eigenvalue weighted by atomic mass is 32.2. The van der Waals surface area contributed by atoms with Crippen LogP contribution in [0, 0.1) is 0 Å². The molecule has 1 aromatic rings. The molecular weight excluding hydrogens is 290 g/mol. The Bertz CT molecular complexity index is 707. The quantitative estimate of drug-likeness (QED) is 0.334. The van der Waals surface area contributed by atoms with E-state index in [0.29, 0.717) is 11.4 Å². The molecule has 1 atom stereocenters. The third-order valence-corrected chi connectivity index (χ3v) is 4.54. The van der Waals surface area contributed by atoms with Crippen molar-refractivity contribution < 1.29 is 13.6 Å². The van der Waals surface area contributed by atoms with E-state index in [1.165, 1.54) is 13.0 Å². The van der Waals surface area contributed by atoms with E-state index in [1.54, 1.807) is 12.1 Å². The zero-order valence-corrected chi connectivity index (χ0v) is 11.4. The average molecular weight is 301 g/mol. The van der Waals surface area contributed by atoms with Gasteiger partial charge in [0, 0.05) is 0 Å². The van der Waals surface area contributed by atoms with Gasteiger partial charge in [0.1, 0.15) is 16.3 Å². The maximum absolute atomic E-state index is 12.2. The van der Waals surface area contributed by atoms with Crippen LogP contribution in [-0.2, 0) is 21.4 Å². The molecule has 1 aliphatic heterocycles. The zero-order valence-electron chi connectivity index (χ0n) is 9.81. The second kappa shape index (κ2) is 5.07. The van der Waals surface area contributed by atoms with Gasteiger partial charge in [-0.25, -0.2) is 13.1 Å². The SMILES string of the molecule is CC(NS(=O)(=O)c1cccc2c1N=S=N2)/C(N)=N/O. The first kappa shape index (κ1) is 13.6. The van der Waals surface area contributed by atoms with Gasteiger partial charge in [0.2, 0.25) is 10.0 Å². The van der Waals surface area contributed by atoms with Gasteiger partial charge in [0.15, 0.2) is 5.84 Å². The summed E-state index contributed by atoms with van der Waals surface area (Å²) in [5, 5.41) is 11.3. The molecule has 19 heavy (non-hydrogen) atoms. The van der Waals surface area contributed by atoms with Gasteiger partial charge in [-0.1, -0.05) is 11.2 Å². The molecule has 1 heterocycles. The van der Waals surface area contributed by atoms with Crippen LogP contribution in [0.25, 0.3) is 0 Å². The van der Waals surface area contributed by atoms with E-state index in [2.05, 4.69) is 18.6 Å². The van der Waals surface area contributed by atoms with E-state index in [4.69, 9.17) is 10.9 Å². The Morgan fingerprint density at radius 2 is 2.26 bits per heavy atom. The van der Waals surface area contributed by atoms with E-state index in [9.17, 15) is 8.42 Å². The van der Waals surface area contributed by atoms with Crippen molar-refractivity contribution in [3.63, 3.8) is 0 Å². The smallest absolute Gasteiger partial charge is 0.243 e. The summed E-state index contributed by atoms with van der Waals surface area (Å²) in [6.45, 7) is 1.46. The lowest BCUT2D eigenvalue weighted by Crippen LogP contribution is -2.42. The third-order valence-electron chi connectivity index (χ3n) is 2.43. The van der Waals surface area contributed by atoms with Crippen molar-refractivity contribution in [1.29, 1.82) is 0 Å². The van der Waals surface area contributed by atoms with Gasteiger partial charge in [-0.2, -0.15) is 8.73 Å². The number of sulfonamides is 1. The summed E-state index contributed by atoms with van der Waals surface area (Å²) < 4.78 is 34.6. The number of nitrogens with one attached hydrogen (secondary N) is 1. The Morgan fingerprint density at radius 3 is 2.95 bits per heavy atom. The van der Waals surface area contributed by atoms with E-state index < -0.39 is 16.1 Å². The van der Waals surface area contributed by atoms with Crippen LogP contribution < -0.4 is 10.5 Å². The van der Waals surface area contributed by atoms with Gasteiger partial charge in [-0.3, -0.25) is 0 Å². The van der Waals surface area contributed by atoms with Crippen molar-refractivity contribution in [2.75, 3.05) is 0 Å². The molecule has 0 saturated carbocycles. The predicted octanol–water partition coefficient (Wildman–Crippen LogP) is 0.826. The Balaban J connectivity index is 2.37. The third kappa shape index (κ3) is 2.64. The molecule has 0 fully saturated rings. The number of rotatable bonds is 4. The van der Waals surface area contributed by atoms with Crippen molar-refractivity contribution in [2.45, 2.75) is 17.9 Å². The van der Waals surface area contributed by atoms with Crippen LogP contribution in [0.3, 0.4) is 0 Å². The van der Waals surface area contributed by atoms with Crippen LogP contribution in [0.5, 0.6) is 0 Å². The second-order valence-corrected chi connectivity index (χ2v) is 5.97. The molecule has 1 aromatic carbocycles. The number of nitrogens with zero attached hydrogens (tertiary/aromatic N) is 3. The summed E-state index contributed by atoms with van der Waals surface area (Å²) in [5.74, 6) is -0.229. The van der Waals surface area contributed by atoms with Gasteiger partial charge >= 0.3 is 0 Å². The fourth-order valence-electron chi connectivity index (χ4n) is 1.44. The lowest BCUT2D eigenvalue weighted by atomic mass is 10.3. The monoisotopic (exact) mass is 301 g/mol. The molecule has 10 heteroatoms. The number of oxime groups is 1. The summed E-state index contributed by atoms with van der Waals surface area (Å²) in [6, 6.07) is 3.83. The van der Waals surface area contributed by atoms with Gasteiger partial charge in [0.05, 0.1) is 17.4 Å². The van der Waals surface area contributed by atoms with Crippen molar-refractivity contribution in [1.82, 2.24) is 4.72 Å². The topological polar surface area (TPSA) is 130 Å². The van der Waals surface area contributed by atoms with Crippen LogP contribution in [0.15, 0.2) is 37.0 Å². The van der Waals surface area contributed by atoms with E-state index in [1.807, 2.05) is 0 Å². The Labute approximate surface area is 113 Å². The van der Waals surface area contributed by atoms with Crippen molar-refractivity contribution in [3.05, 3.63) is 18.2 Å². The van der Waals surface area contributed by atoms with Crippen molar-refractivity contribution in [3.8, 4) is 0 Å². The van der Waals surface area contributed by atoms with Crippen molar-refractivity contribution in [2.24, 2.45) is 19.6 Å². The number of amidine groups is 1. The molecule has 0 bridgehead atoms. The van der Waals surface area contributed by atoms with Gasteiger partial charge in [-0.15, -0.1) is 0 Å². The molecule has 0 radical (unpaired) electrons. The number of fused-ring (bicyclic) bond motifs is 1. The predicted molar refractivity (Wildman–Crippen MR) is 71.2 cm³/mol. The summed E-state index contributed by atoms with van der Waals surface area (Å²) in [7, 11) is -3.83. The molecule has 0 saturated heterocycles. The minimum Gasteiger partial charge on any atom is -0.409 e. The Kier molecular flexibility index (Phi) is 3.64. The van der Waals surface area contributed by atoms with Crippen molar-refractivity contribution >= 4 is 38.6 Å². The summed E-state index contributed by atoms with van der Waals surface area (Å²) in [4.78, 5) is 0.0105. The molecule has 0 aromatic heterocycles. The summed E-state index contributed by atoms with van der Waals surface area (Å²) in [5.41, 5.74) is 6.14. The Hall–Kier alpha value is -1.78. The Morgan fingerprint density at radius 1 is 1.53 bits per heavy atom. The zero-order chi connectivity index (χ0) is 14.0. The second-order valence-electron chi connectivity index (χ2n) is 3.76. The first-order valence-corrected chi connectivity index (χ1v) is 7.38. The molecule has 0 spiro atoms. The largest absolute Gasteiger partial charge is 0.409 e. The van der Waals surface area contributed by atoms with Gasteiger partial charge in [-0.05, 0) is 19.1 Å². The molecule has 102 valence electrons. The molecule has 2 rings (SSSR count). The number of benzene rings is 1. The molecular formula is C9H11N5O3S2. The molecule has 4 N–H and O–H groups in total. The maximum Gasteiger partial charge on any atom is 0.243 e. The first-order chi connectivity index (χ1) is 8.95. The van der Waals surface area contributed by atoms with Crippen LogP contribution in [0.1, 0.15) is 6.92 Å². The van der Waals surface area contributed by atoms with Gasteiger partial charge in [0.25, 0.3) is 0 Å².